The van der Waals surface area contributed by atoms with Crippen LogP contribution in [-0.2, 0) is 21.4 Å². The van der Waals surface area contributed by atoms with E-state index in [0.717, 1.165) is 28.7 Å². The first-order chi connectivity index (χ1) is 11.9. The number of nitrogens with one attached hydrogen (secondary N) is 1. The molecule has 2 aromatic rings. The van der Waals surface area contributed by atoms with Gasteiger partial charge in [0.15, 0.2) is 0 Å². The molecule has 1 saturated heterocycles. The average molecular weight is 488 g/mol. The topological polar surface area (TPSA) is 66.5 Å². The Morgan fingerprint density at radius 2 is 1.80 bits per heavy atom. The van der Waals surface area contributed by atoms with E-state index in [-0.39, 0.29) is 17.3 Å². The molecule has 3 rings (SSSR count). The van der Waals surface area contributed by atoms with Crippen LogP contribution in [0.25, 0.3) is 0 Å². The first-order valence-electron chi connectivity index (χ1n) is 7.71. The van der Waals surface area contributed by atoms with Gasteiger partial charge in [-0.3, -0.25) is 4.79 Å². The molecule has 8 heteroatoms. The smallest absolute Gasteiger partial charge is 0.241 e. The van der Waals surface area contributed by atoms with Crippen LogP contribution < -0.4 is 9.62 Å². The molecule has 0 aromatic heterocycles. The Kier molecular flexibility index (Phi) is 5.62. The molecule has 0 saturated carbocycles. The monoisotopic (exact) mass is 486 g/mol. The summed E-state index contributed by atoms with van der Waals surface area (Å²) in [5.41, 5.74) is 1.68. The molecule has 0 atom stereocenters. The summed E-state index contributed by atoms with van der Waals surface area (Å²) in [7, 11) is -3.62. The summed E-state index contributed by atoms with van der Waals surface area (Å²) in [6.45, 7) is 0.918. The number of carbonyl (C=O) groups is 1. The second-order valence-electron chi connectivity index (χ2n) is 5.71. The van der Waals surface area contributed by atoms with Crippen molar-refractivity contribution in [1.82, 2.24) is 4.72 Å². The van der Waals surface area contributed by atoms with Crippen LogP contribution in [0.15, 0.2) is 56.3 Å². The van der Waals surface area contributed by atoms with Crippen LogP contribution in [0.2, 0.25) is 0 Å². The molecule has 132 valence electrons. The Bertz CT molecular complexity index is 899. The third-order valence-electron chi connectivity index (χ3n) is 3.97. The molecule has 0 spiro atoms. The summed E-state index contributed by atoms with van der Waals surface area (Å²) < 4.78 is 28.8. The summed E-state index contributed by atoms with van der Waals surface area (Å²) in [5, 5.41) is 0. The minimum atomic E-state index is -3.62. The number of sulfonamides is 1. The van der Waals surface area contributed by atoms with Crippen LogP contribution >= 0.6 is 31.9 Å². The summed E-state index contributed by atoms with van der Waals surface area (Å²) >= 11 is 6.58. The maximum Gasteiger partial charge on any atom is 0.241 e. The van der Waals surface area contributed by atoms with Crippen molar-refractivity contribution in [2.24, 2.45) is 0 Å². The Balaban J connectivity index is 1.69. The highest BCUT2D eigenvalue weighted by atomic mass is 79.9. The molecule has 2 aromatic carbocycles. The molecule has 1 heterocycles. The van der Waals surface area contributed by atoms with E-state index >= 15 is 0 Å². The largest absolute Gasteiger partial charge is 0.312 e. The predicted molar refractivity (Wildman–Crippen MR) is 104 cm³/mol. The Hall–Kier alpha value is -1.22. The van der Waals surface area contributed by atoms with Gasteiger partial charge < -0.3 is 4.90 Å². The van der Waals surface area contributed by atoms with E-state index in [0.29, 0.717) is 10.9 Å². The molecule has 5 nitrogen and oxygen atoms in total. The number of amides is 1. The van der Waals surface area contributed by atoms with Crippen molar-refractivity contribution in [3.8, 4) is 0 Å². The van der Waals surface area contributed by atoms with Crippen molar-refractivity contribution < 1.29 is 13.2 Å². The molecule has 0 bridgehead atoms. The first kappa shape index (κ1) is 18.6. The van der Waals surface area contributed by atoms with Crippen molar-refractivity contribution in [3.63, 3.8) is 0 Å². The van der Waals surface area contributed by atoms with Crippen molar-refractivity contribution in [2.75, 3.05) is 11.4 Å². The highest BCUT2D eigenvalue weighted by Gasteiger charge is 2.21. The Morgan fingerprint density at radius 1 is 1.08 bits per heavy atom. The van der Waals surface area contributed by atoms with Crippen LogP contribution in [0.4, 0.5) is 5.69 Å². The fraction of sp³-hybridized carbons (Fsp3) is 0.235. The number of carbonyl (C=O) groups excluding carboxylic acids is 1. The molecule has 0 unspecified atom stereocenters. The summed E-state index contributed by atoms with van der Waals surface area (Å²) in [6.07, 6.45) is 1.46. The van der Waals surface area contributed by atoms with Gasteiger partial charge in [0, 0.05) is 34.1 Å². The number of anilines is 1. The number of halogens is 2. The van der Waals surface area contributed by atoms with Crippen LogP contribution in [0, 0.1) is 0 Å². The van der Waals surface area contributed by atoms with Gasteiger partial charge in [0.1, 0.15) is 0 Å². The number of benzene rings is 2. The van der Waals surface area contributed by atoms with E-state index in [1.54, 1.807) is 23.1 Å². The lowest BCUT2D eigenvalue weighted by atomic mass is 10.2. The standard InChI is InChI=1S/C17H16Br2N2O3S/c18-13-5-8-16(15(19)10-13)25(23,24)20-11-12-3-6-14(7-4-12)21-9-1-2-17(21)22/h3-8,10,20H,1-2,9,11H2. The maximum atomic E-state index is 12.4. The van der Waals surface area contributed by atoms with Crippen molar-refractivity contribution >= 4 is 53.5 Å². The zero-order chi connectivity index (χ0) is 18.0. The number of hydrogen-bond donors (Lipinski definition) is 1. The summed E-state index contributed by atoms with van der Waals surface area (Å²) in [5.74, 6) is 0.133. The lowest BCUT2D eigenvalue weighted by Crippen LogP contribution is -2.24. The van der Waals surface area contributed by atoms with E-state index in [1.807, 2.05) is 24.3 Å². The molecule has 1 amide bonds. The number of nitrogens with zero attached hydrogens (tertiary/aromatic N) is 1. The van der Waals surface area contributed by atoms with Crippen molar-refractivity contribution in [2.45, 2.75) is 24.3 Å². The maximum absolute atomic E-state index is 12.4. The molecular formula is C17H16Br2N2O3S. The average Bonchev–Trinajstić information content (AvgIpc) is 2.99. The quantitative estimate of drug-likeness (QED) is 0.697. The number of hydrogen-bond acceptors (Lipinski definition) is 3. The summed E-state index contributed by atoms with van der Waals surface area (Å²) in [6, 6.07) is 12.3. The van der Waals surface area contributed by atoms with Crippen LogP contribution in [-0.4, -0.2) is 20.9 Å². The van der Waals surface area contributed by atoms with Gasteiger partial charge in [-0.15, -0.1) is 0 Å². The van der Waals surface area contributed by atoms with E-state index in [2.05, 4.69) is 36.6 Å². The SMILES string of the molecule is O=C1CCCN1c1ccc(CNS(=O)(=O)c2ccc(Br)cc2Br)cc1. The predicted octanol–water partition coefficient (Wildman–Crippen LogP) is 3.82. The fourth-order valence-electron chi connectivity index (χ4n) is 2.66. The van der Waals surface area contributed by atoms with E-state index in [9.17, 15) is 13.2 Å². The molecule has 1 aliphatic rings. The molecule has 25 heavy (non-hydrogen) atoms. The minimum absolute atomic E-state index is 0.133. The van der Waals surface area contributed by atoms with Gasteiger partial charge >= 0.3 is 0 Å². The van der Waals surface area contributed by atoms with Gasteiger partial charge in [-0.1, -0.05) is 28.1 Å². The van der Waals surface area contributed by atoms with Crippen LogP contribution in [0.5, 0.6) is 0 Å². The second kappa shape index (κ2) is 7.57. The van der Waals surface area contributed by atoms with Gasteiger partial charge in [0.2, 0.25) is 15.9 Å². The zero-order valence-corrected chi connectivity index (χ0v) is 17.2. The lowest BCUT2D eigenvalue weighted by molar-refractivity contribution is -0.117. The molecule has 1 aliphatic heterocycles. The molecular weight excluding hydrogens is 472 g/mol. The molecule has 1 fully saturated rings. The second-order valence-corrected chi connectivity index (χ2v) is 9.22. The fourth-order valence-corrected chi connectivity index (χ4v) is 5.43. The van der Waals surface area contributed by atoms with Gasteiger partial charge in [-0.05, 0) is 58.2 Å². The third-order valence-corrected chi connectivity index (χ3v) is 6.84. The molecule has 1 N–H and O–H groups in total. The van der Waals surface area contributed by atoms with E-state index in [4.69, 9.17) is 0 Å². The van der Waals surface area contributed by atoms with Crippen LogP contribution in [0.1, 0.15) is 18.4 Å². The highest BCUT2D eigenvalue weighted by Crippen LogP contribution is 2.26. The lowest BCUT2D eigenvalue weighted by Gasteiger charge is -2.16. The first-order valence-corrected chi connectivity index (χ1v) is 10.8. The van der Waals surface area contributed by atoms with Crippen LogP contribution in [0.3, 0.4) is 0 Å². The Morgan fingerprint density at radius 3 is 2.40 bits per heavy atom. The summed E-state index contributed by atoms with van der Waals surface area (Å²) in [4.78, 5) is 13.7. The van der Waals surface area contributed by atoms with Gasteiger partial charge in [0.25, 0.3) is 0 Å². The van der Waals surface area contributed by atoms with Crippen molar-refractivity contribution in [1.29, 1.82) is 0 Å². The third kappa shape index (κ3) is 4.31. The Labute approximate surface area is 163 Å². The van der Waals surface area contributed by atoms with Crippen molar-refractivity contribution in [3.05, 3.63) is 57.0 Å². The van der Waals surface area contributed by atoms with Gasteiger partial charge in [-0.2, -0.15) is 0 Å². The molecule has 0 radical (unpaired) electrons. The van der Waals surface area contributed by atoms with E-state index < -0.39 is 10.0 Å². The highest BCUT2D eigenvalue weighted by molar-refractivity contribution is 9.11. The van der Waals surface area contributed by atoms with E-state index in [1.165, 1.54) is 0 Å². The zero-order valence-electron chi connectivity index (χ0n) is 13.2. The molecule has 0 aliphatic carbocycles. The minimum Gasteiger partial charge on any atom is -0.312 e. The van der Waals surface area contributed by atoms with Gasteiger partial charge in [-0.25, -0.2) is 13.1 Å². The number of rotatable bonds is 5. The van der Waals surface area contributed by atoms with Gasteiger partial charge in [0.05, 0.1) is 4.90 Å². The normalized spacial score (nSPS) is 15.0.